The number of methoxy groups -OCH3 is 1. The standard InChI is InChI=1S/C16H23N3O3/c1-19(11-12-7-3-4-9-14(12)22-2)16(21)18-13-8-5-6-10-17-15(13)20/h3-4,7,9,13H,5-6,8,10-11H2,1-2H3,(H,17,20)(H,18,21). The zero-order valence-corrected chi connectivity index (χ0v) is 13.1. The summed E-state index contributed by atoms with van der Waals surface area (Å²) in [5, 5.41) is 5.61. The van der Waals surface area contributed by atoms with Gasteiger partial charge in [0.15, 0.2) is 0 Å². The minimum Gasteiger partial charge on any atom is -0.496 e. The summed E-state index contributed by atoms with van der Waals surface area (Å²) in [4.78, 5) is 25.7. The maximum atomic E-state index is 12.3. The number of nitrogens with zero attached hydrogens (tertiary/aromatic N) is 1. The Labute approximate surface area is 130 Å². The van der Waals surface area contributed by atoms with Crippen molar-refractivity contribution in [3.8, 4) is 5.75 Å². The zero-order valence-electron chi connectivity index (χ0n) is 13.1. The van der Waals surface area contributed by atoms with Crippen LogP contribution in [0.15, 0.2) is 24.3 Å². The molecule has 3 amide bonds. The van der Waals surface area contributed by atoms with Crippen LogP contribution in [0.2, 0.25) is 0 Å². The van der Waals surface area contributed by atoms with Crippen LogP contribution in [0.5, 0.6) is 5.75 Å². The average Bonchev–Trinajstić information content (AvgIpc) is 2.72. The Morgan fingerprint density at radius 2 is 2.18 bits per heavy atom. The molecule has 1 aliphatic heterocycles. The molecule has 6 nitrogen and oxygen atoms in total. The van der Waals surface area contributed by atoms with Crippen molar-refractivity contribution in [2.45, 2.75) is 31.8 Å². The van der Waals surface area contributed by atoms with Gasteiger partial charge in [0.1, 0.15) is 11.8 Å². The third-order valence-corrected chi connectivity index (χ3v) is 3.78. The van der Waals surface area contributed by atoms with Gasteiger partial charge in [0.05, 0.1) is 13.7 Å². The lowest BCUT2D eigenvalue weighted by atomic mass is 10.1. The number of carbonyl (C=O) groups excluding carboxylic acids is 2. The molecule has 1 aliphatic rings. The SMILES string of the molecule is COc1ccccc1CN(C)C(=O)NC1CCCCNC1=O. The fourth-order valence-electron chi connectivity index (χ4n) is 2.50. The van der Waals surface area contributed by atoms with Crippen LogP contribution in [0.25, 0.3) is 0 Å². The van der Waals surface area contributed by atoms with E-state index in [0.29, 0.717) is 19.5 Å². The molecule has 22 heavy (non-hydrogen) atoms. The molecule has 1 saturated heterocycles. The van der Waals surface area contributed by atoms with Gasteiger partial charge in [0.2, 0.25) is 5.91 Å². The predicted molar refractivity (Wildman–Crippen MR) is 83.6 cm³/mol. The summed E-state index contributed by atoms with van der Waals surface area (Å²) in [7, 11) is 3.31. The smallest absolute Gasteiger partial charge is 0.318 e. The molecule has 2 rings (SSSR count). The van der Waals surface area contributed by atoms with E-state index >= 15 is 0 Å². The van der Waals surface area contributed by atoms with Crippen molar-refractivity contribution in [2.24, 2.45) is 0 Å². The van der Waals surface area contributed by atoms with Crippen molar-refractivity contribution >= 4 is 11.9 Å². The van der Waals surface area contributed by atoms with Crippen LogP contribution in [-0.4, -0.2) is 43.6 Å². The molecule has 0 radical (unpaired) electrons. The lowest BCUT2D eigenvalue weighted by Crippen LogP contribution is -2.49. The second-order valence-corrected chi connectivity index (χ2v) is 5.46. The minimum atomic E-state index is -0.449. The molecule has 2 N–H and O–H groups in total. The second kappa shape index (κ2) is 7.68. The molecule has 1 unspecified atom stereocenters. The van der Waals surface area contributed by atoms with Crippen LogP contribution in [0.4, 0.5) is 4.79 Å². The van der Waals surface area contributed by atoms with E-state index in [0.717, 1.165) is 24.2 Å². The summed E-state index contributed by atoms with van der Waals surface area (Å²) in [6.07, 6.45) is 2.56. The quantitative estimate of drug-likeness (QED) is 0.886. The topological polar surface area (TPSA) is 70.7 Å². The summed E-state index contributed by atoms with van der Waals surface area (Å²) < 4.78 is 5.29. The largest absolute Gasteiger partial charge is 0.496 e. The molecule has 1 aromatic rings. The van der Waals surface area contributed by atoms with E-state index in [2.05, 4.69) is 10.6 Å². The number of benzene rings is 1. The fraction of sp³-hybridized carbons (Fsp3) is 0.500. The van der Waals surface area contributed by atoms with Gasteiger partial charge in [-0.1, -0.05) is 18.2 Å². The molecule has 0 spiro atoms. The molecule has 120 valence electrons. The number of amides is 3. The van der Waals surface area contributed by atoms with E-state index in [1.807, 2.05) is 24.3 Å². The number of rotatable bonds is 4. The Hall–Kier alpha value is -2.24. The number of hydrogen-bond donors (Lipinski definition) is 2. The zero-order chi connectivity index (χ0) is 15.9. The van der Waals surface area contributed by atoms with Gasteiger partial charge in [0.25, 0.3) is 0 Å². The van der Waals surface area contributed by atoms with E-state index in [1.54, 1.807) is 19.1 Å². The molecule has 1 heterocycles. The van der Waals surface area contributed by atoms with Crippen molar-refractivity contribution in [1.29, 1.82) is 0 Å². The van der Waals surface area contributed by atoms with Gasteiger partial charge in [-0.25, -0.2) is 4.79 Å². The Morgan fingerprint density at radius 1 is 1.41 bits per heavy atom. The van der Waals surface area contributed by atoms with Crippen LogP contribution in [0.3, 0.4) is 0 Å². The third-order valence-electron chi connectivity index (χ3n) is 3.78. The van der Waals surface area contributed by atoms with Gasteiger partial charge in [-0.3, -0.25) is 4.79 Å². The molecule has 0 bridgehead atoms. The number of hydrogen-bond acceptors (Lipinski definition) is 3. The summed E-state index contributed by atoms with van der Waals surface area (Å²) in [6.45, 7) is 1.10. The second-order valence-electron chi connectivity index (χ2n) is 5.46. The first-order chi connectivity index (χ1) is 10.6. The van der Waals surface area contributed by atoms with Crippen molar-refractivity contribution in [2.75, 3.05) is 20.7 Å². The number of para-hydroxylation sites is 1. The molecule has 0 saturated carbocycles. The summed E-state index contributed by atoms with van der Waals surface area (Å²) in [6, 6.07) is 6.87. The van der Waals surface area contributed by atoms with Crippen LogP contribution in [0, 0.1) is 0 Å². The van der Waals surface area contributed by atoms with Crippen LogP contribution < -0.4 is 15.4 Å². The lowest BCUT2D eigenvalue weighted by Gasteiger charge is -2.22. The summed E-state index contributed by atoms with van der Waals surface area (Å²) >= 11 is 0. The molecule has 1 aromatic carbocycles. The monoisotopic (exact) mass is 305 g/mol. The third kappa shape index (κ3) is 4.13. The van der Waals surface area contributed by atoms with Gasteiger partial charge in [-0.2, -0.15) is 0 Å². The van der Waals surface area contributed by atoms with Gasteiger partial charge in [0, 0.05) is 19.2 Å². The number of urea groups is 1. The Kier molecular flexibility index (Phi) is 5.63. The first kappa shape index (κ1) is 16.1. The summed E-state index contributed by atoms with van der Waals surface area (Å²) in [5.41, 5.74) is 0.924. The van der Waals surface area contributed by atoms with Crippen molar-refractivity contribution in [1.82, 2.24) is 15.5 Å². The van der Waals surface area contributed by atoms with Crippen molar-refractivity contribution in [3.05, 3.63) is 29.8 Å². The average molecular weight is 305 g/mol. The maximum absolute atomic E-state index is 12.3. The van der Waals surface area contributed by atoms with Crippen LogP contribution >= 0.6 is 0 Å². The molecule has 6 heteroatoms. The normalized spacial score (nSPS) is 18.1. The Bertz CT molecular complexity index is 533. The fourth-order valence-corrected chi connectivity index (χ4v) is 2.50. The molecule has 1 atom stereocenters. The number of carbonyl (C=O) groups is 2. The molecular formula is C16H23N3O3. The lowest BCUT2D eigenvalue weighted by molar-refractivity contribution is -0.122. The van der Waals surface area contributed by atoms with Crippen LogP contribution in [-0.2, 0) is 11.3 Å². The van der Waals surface area contributed by atoms with Crippen molar-refractivity contribution < 1.29 is 14.3 Å². The van der Waals surface area contributed by atoms with E-state index in [-0.39, 0.29) is 11.9 Å². The van der Waals surface area contributed by atoms with Gasteiger partial charge in [-0.05, 0) is 25.3 Å². The summed E-state index contributed by atoms with van der Waals surface area (Å²) in [5.74, 6) is 0.644. The molecule has 1 fully saturated rings. The first-order valence-electron chi connectivity index (χ1n) is 7.53. The highest BCUT2D eigenvalue weighted by Crippen LogP contribution is 2.18. The van der Waals surface area contributed by atoms with Gasteiger partial charge < -0.3 is 20.3 Å². The predicted octanol–water partition coefficient (Wildman–Crippen LogP) is 1.51. The highest BCUT2D eigenvalue weighted by molar-refractivity contribution is 5.87. The van der Waals surface area contributed by atoms with Gasteiger partial charge in [-0.15, -0.1) is 0 Å². The Morgan fingerprint density at radius 3 is 2.95 bits per heavy atom. The molecule has 0 aromatic heterocycles. The highest BCUT2D eigenvalue weighted by Gasteiger charge is 2.23. The minimum absolute atomic E-state index is 0.100. The number of ether oxygens (including phenoxy) is 1. The maximum Gasteiger partial charge on any atom is 0.318 e. The van der Waals surface area contributed by atoms with E-state index < -0.39 is 6.04 Å². The van der Waals surface area contributed by atoms with E-state index in [9.17, 15) is 9.59 Å². The highest BCUT2D eigenvalue weighted by atomic mass is 16.5. The van der Waals surface area contributed by atoms with Crippen LogP contribution in [0.1, 0.15) is 24.8 Å². The van der Waals surface area contributed by atoms with E-state index in [4.69, 9.17) is 4.74 Å². The van der Waals surface area contributed by atoms with Crippen molar-refractivity contribution in [3.63, 3.8) is 0 Å². The van der Waals surface area contributed by atoms with Gasteiger partial charge >= 0.3 is 6.03 Å². The molecule has 0 aliphatic carbocycles. The molecular weight excluding hydrogens is 282 g/mol. The first-order valence-corrected chi connectivity index (χ1v) is 7.53. The van der Waals surface area contributed by atoms with E-state index in [1.165, 1.54) is 0 Å². The number of nitrogens with one attached hydrogen (secondary N) is 2. The Balaban J connectivity index is 1.95.